The molecule has 2 amide bonds. The lowest BCUT2D eigenvalue weighted by atomic mass is 10.0. The second-order valence-electron chi connectivity index (χ2n) is 8.81. The van der Waals surface area contributed by atoms with Gasteiger partial charge in [0.25, 0.3) is 0 Å². The summed E-state index contributed by atoms with van der Waals surface area (Å²) < 4.78 is 0. The average molecular weight is 491 g/mol. The first-order valence-corrected chi connectivity index (χ1v) is 12.8. The Morgan fingerprint density at radius 3 is 2.09 bits per heavy atom. The van der Waals surface area contributed by atoms with Crippen LogP contribution < -0.4 is 5.32 Å². The normalized spacial score (nSPS) is 11.6. The summed E-state index contributed by atoms with van der Waals surface area (Å²) in [7, 11) is 0. The first-order chi connectivity index (χ1) is 17.0. The monoisotopic (exact) mass is 490 g/mol. The van der Waals surface area contributed by atoms with Crippen molar-refractivity contribution in [3.63, 3.8) is 0 Å². The maximum absolute atomic E-state index is 13.6. The fraction of sp³-hybridized carbons (Fsp3) is 0.333. The van der Waals surface area contributed by atoms with Crippen molar-refractivity contribution in [2.45, 2.75) is 58.5 Å². The van der Waals surface area contributed by atoms with Gasteiger partial charge in [0.15, 0.2) is 0 Å². The predicted octanol–water partition coefficient (Wildman–Crippen LogP) is 6.00. The Hall–Kier alpha value is -3.11. The van der Waals surface area contributed by atoms with Gasteiger partial charge in [0, 0.05) is 31.0 Å². The van der Waals surface area contributed by atoms with Gasteiger partial charge in [0.2, 0.25) is 11.8 Å². The van der Waals surface area contributed by atoms with Gasteiger partial charge in [-0.15, -0.1) is 0 Å². The number of nitrogens with zero attached hydrogens (tertiary/aromatic N) is 1. The number of hydrogen-bond acceptors (Lipinski definition) is 2. The molecule has 5 heteroatoms. The molecule has 0 aromatic heterocycles. The van der Waals surface area contributed by atoms with Crippen molar-refractivity contribution in [2.24, 2.45) is 0 Å². The maximum Gasteiger partial charge on any atom is 0.243 e. The lowest BCUT2D eigenvalue weighted by molar-refractivity contribution is -0.141. The minimum atomic E-state index is -0.602. The molecule has 4 nitrogen and oxygen atoms in total. The van der Waals surface area contributed by atoms with Crippen molar-refractivity contribution in [2.75, 3.05) is 6.54 Å². The van der Waals surface area contributed by atoms with E-state index in [-0.39, 0.29) is 11.8 Å². The molecule has 184 valence electrons. The van der Waals surface area contributed by atoms with Gasteiger partial charge in [-0.05, 0) is 53.6 Å². The lowest BCUT2D eigenvalue weighted by Gasteiger charge is -2.31. The van der Waals surface area contributed by atoms with Gasteiger partial charge in [-0.1, -0.05) is 92.2 Å². The Labute approximate surface area is 214 Å². The van der Waals surface area contributed by atoms with Crippen molar-refractivity contribution in [3.8, 4) is 0 Å². The summed E-state index contributed by atoms with van der Waals surface area (Å²) >= 11 is 6.08. The summed E-state index contributed by atoms with van der Waals surface area (Å²) in [6.07, 6.45) is 3.26. The van der Waals surface area contributed by atoms with Crippen LogP contribution in [0.4, 0.5) is 0 Å². The molecule has 0 saturated carbocycles. The van der Waals surface area contributed by atoms with Crippen LogP contribution in [0.2, 0.25) is 5.02 Å². The zero-order valence-electron chi connectivity index (χ0n) is 20.7. The van der Waals surface area contributed by atoms with E-state index in [2.05, 4.69) is 36.5 Å². The number of carbonyl (C=O) groups is 2. The highest BCUT2D eigenvalue weighted by molar-refractivity contribution is 6.30. The molecule has 0 spiro atoms. The third kappa shape index (κ3) is 8.25. The van der Waals surface area contributed by atoms with E-state index in [0.29, 0.717) is 37.4 Å². The van der Waals surface area contributed by atoms with E-state index in [9.17, 15) is 9.59 Å². The third-order valence-corrected chi connectivity index (χ3v) is 6.40. The van der Waals surface area contributed by atoms with Crippen LogP contribution in [-0.4, -0.2) is 29.3 Å². The van der Waals surface area contributed by atoms with Gasteiger partial charge in [-0.3, -0.25) is 9.59 Å². The zero-order chi connectivity index (χ0) is 25.0. The van der Waals surface area contributed by atoms with Gasteiger partial charge in [0.1, 0.15) is 6.04 Å². The molecule has 3 aromatic carbocycles. The van der Waals surface area contributed by atoms with Gasteiger partial charge in [0.05, 0.1) is 0 Å². The largest absolute Gasteiger partial charge is 0.354 e. The minimum absolute atomic E-state index is 0.0351. The highest BCUT2D eigenvalue weighted by atomic mass is 35.5. The summed E-state index contributed by atoms with van der Waals surface area (Å²) in [4.78, 5) is 28.7. The van der Waals surface area contributed by atoms with Crippen LogP contribution in [0.25, 0.3) is 0 Å². The van der Waals surface area contributed by atoms with Crippen molar-refractivity contribution in [3.05, 3.63) is 106 Å². The maximum atomic E-state index is 13.6. The second kappa shape index (κ2) is 13.7. The molecule has 0 fully saturated rings. The predicted molar refractivity (Wildman–Crippen MR) is 143 cm³/mol. The van der Waals surface area contributed by atoms with Crippen LogP contribution in [0.3, 0.4) is 0 Å². The fourth-order valence-corrected chi connectivity index (χ4v) is 4.17. The summed E-state index contributed by atoms with van der Waals surface area (Å²) in [5.41, 5.74) is 4.36. The molecular weight excluding hydrogens is 456 g/mol. The van der Waals surface area contributed by atoms with Crippen molar-refractivity contribution >= 4 is 23.4 Å². The Morgan fingerprint density at radius 1 is 0.829 bits per heavy atom. The van der Waals surface area contributed by atoms with Crippen LogP contribution in [0, 0.1) is 0 Å². The molecule has 0 heterocycles. The molecule has 1 N–H and O–H groups in total. The van der Waals surface area contributed by atoms with Crippen LogP contribution in [0.15, 0.2) is 78.9 Å². The lowest BCUT2D eigenvalue weighted by Crippen LogP contribution is -2.50. The quantitative estimate of drug-likeness (QED) is 0.338. The molecule has 0 aliphatic carbocycles. The van der Waals surface area contributed by atoms with Crippen molar-refractivity contribution in [1.29, 1.82) is 0 Å². The van der Waals surface area contributed by atoms with Crippen LogP contribution in [0.5, 0.6) is 0 Å². The molecule has 35 heavy (non-hydrogen) atoms. The number of amides is 2. The molecule has 0 aliphatic rings. The highest BCUT2D eigenvalue weighted by Crippen LogP contribution is 2.18. The Balaban J connectivity index is 1.86. The molecule has 0 bridgehead atoms. The van der Waals surface area contributed by atoms with E-state index in [0.717, 1.165) is 29.5 Å². The van der Waals surface area contributed by atoms with Crippen LogP contribution in [-0.2, 0) is 35.4 Å². The number of carbonyl (C=O) groups excluding carboxylic acids is 2. The fourth-order valence-electron chi connectivity index (χ4n) is 4.04. The smallest absolute Gasteiger partial charge is 0.243 e. The standard InChI is InChI=1S/C30H35ClN2O2/c1-3-20-32-30(35)28(21-25-8-6-5-7-9-25)33(22-26-14-17-27(31)18-15-26)29(34)19-16-24-12-10-23(4-2)11-13-24/h5-15,17-18,28H,3-4,16,19-22H2,1-2H3,(H,32,35)/t28-/m0/s1. The van der Waals surface area contributed by atoms with Crippen LogP contribution >= 0.6 is 11.6 Å². The molecule has 1 atom stereocenters. The third-order valence-electron chi connectivity index (χ3n) is 6.15. The molecular formula is C30H35ClN2O2. The average Bonchev–Trinajstić information content (AvgIpc) is 2.89. The zero-order valence-corrected chi connectivity index (χ0v) is 21.4. The van der Waals surface area contributed by atoms with E-state index in [1.54, 1.807) is 4.90 Å². The summed E-state index contributed by atoms with van der Waals surface area (Å²) in [6, 6.07) is 25.1. The molecule has 0 aliphatic heterocycles. The van der Waals surface area contributed by atoms with E-state index < -0.39 is 6.04 Å². The number of halogens is 1. The van der Waals surface area contributed by atoms with E-state index in [1.165, 1.54) is 5.56 Å². The Morgan fingerprint density at radius 2 is 1.46 bits per heavy atom. The summed E-state index contributed by atoms with van der Waals surface area (Å²) in [5, 5.41) is 3.66. The second-order valence-corrected chi connectivity index (χ2v) is 9.25. The molecule has 0 saturated heterocycles. The number of benzene rings is 3. The van der Waals surface area contributed by atoms with Gasteiger partial charge < -0.3 is 10.2 Å². The van der Waals surface area contributed by atoms with Crippen molar-refractivity contribution < 1.29 is 9.59 Å². The first-order valence-electron chi connectivity index (χ1n) is 12.4. The molecule has 0 unspecified atom stereocenters. The molecule has 3 rings (SSSR count). The molecule has 0 radical (unpaired) electrons. The van der Waals surface area contributed by atoms with E-state index in [4.69, 9.17) is 11.6 Å². The number of rotatable bonds is 12. The SMILES string of the molecule is CCCNC(=O)[C@H](Cc1ccccc1)N(Cc1ccc(Cl)cc1)C(=O)CCc1ccc(CC)cc1. The molecule has 3 aromatic rings. The Bertz CT molecular complexity index is 1070. The highest BCUT2D eigenvalue weighted by Gasteiger charge is 2.30. The first kappa shape index (κ1) is 26.5. The van der Waals surface area contributed by atoms with Gasteiger partial charge in [-0.2, -0.15) is 0 Å². The summed E-state index contributed by atoms with van der Waals surface area (Å²) in [5.74, 6) is -0.155. The minimum Gasteiger partial charge on any atom is -0.354 e. The van der Waals surface area contributed by atoms with Gasteiger partial charge in [-0.25, -0.2) is 0 Å². The Kier molecular flexibility index (Phi) is 10.4. The van der Waals surface area contributed by atoms with Gasteiger partial charge >= 0.3 is 0 Å². The number of aryl methyl sites for hydroxylation is 2. The van der Waals surface area contributed by atoms with E-state index in [1.807, 2.05) is 61.5 Å². The summed E-state index contributed by atoms with van der Waals surface area (Å²) in [6.45, 7) is 5.08. The van der Waals surface area contributed by atoms with Crippen molar-refractivity contribution in [1.82, 2.24) is 10.2 Å². The van der Waals surface area contributed by atoms with E-state index >= 15 is 0 Å². The number of nitrogens with one attached hydrogen (secondary N) is 1. The number of hydrogen-bond donors (Lipinski definition) is 1. The van der Waals surface area contributed by atoms with Crippen LogP contribution in [0.1, 0.15) is 48.9 Å². The topological polar surface area (TPSA) is 49.4 Å².